The molecule has 0 N–H and O–H groups in total. The van der Waals surface area contributed by atoms with Crippen LogP contribution in [0.5, 0.6) is 5.75 Å². The zero-order chi connectivity index (χ0) is 14.9. The molecule has 0 fully saturated rings. The number of hydrogen-bond acceptors (Lipinski definition) is 3. The van der Waals surface area contributed by atoms with Crippen LogP contribution in [-0.2, 0) is 4.79 Å². The van der Waals surface area contributed by atoms with Gasteiger partial charge in [-0.25, -0.2) is 0 Å². The molecular formula is C15H14ClNO3. The average molecular weight is 292 g/mol. The monoisotopic (exact) mass is 291 g/mol. The first-order valence-electron chi connectivity index (χ1n) is 6.06. The third kappa shape index (κ3) is 2.91. The highest BCUT2D eigenvalue weighted by molar-refractivity contribution is 6.32. The highest BCUT2D eigenvalue weighted by Crippen LogP contribution is 2.23. The number of nitrogens with zero attached hydrogens (tertiary/aromatic N) is 1. The molecule has 1 aromatic heterocycles. The quantitative estimate of drug-likeness (QED) is 0.799. The van der Waals surface area contributed by atoms with Crippen LogP contribution in [0.25, 0.3) is 5.69 Å². The van der Waals surface area contributed by atoms with Crippen molar-refractivity contribution in [3.63, 3.8) is 0 Å². The Balaban J connectivity index is 2.57. The summed E-state index contributed by atoms with van der Waals surface area (Å²) in [4.78, 5) is 22.9. The molecule has 0 aliphatic heterocycles. The number of halogens is 1. The van der Waals surface area contributed by atoms with Crippen molar-refractivity contribution in [1.29, 1.82) is 0 Å². The molecule has 0 aliphatic rings. The van der Waals surface area contributed by atoms with Gasteiger partial charge in [0.05, 0.1) is 6.20 Å². The predicted molar refractivity (Wildman–Crippen MR) is 77.8 cm³/mol. The van der Waals surface area contributed by atoms with E-state index in [0.717, 1.165) is 11.1 Å². The average Bonchev–Trinajstić information content (AvgIpc) is 2.37. The number of ether oxygens (including phenoxy) is 1. The molecule has 0 unspecified atom stereocenters. The van der Waals surface area contributed by atoms with Gasteiger partial charge in [0.1, 0.15) is 5.75 Å². The van der Waals surface area contributed by atoms with E-state index in [4.69, 9.17) is 16.3 Å². The molecule has 0 aliphatic carbocycles. The first kappa shape index (κ1) is 14.3. The number of aryl methyl sites for hydroxylation is 2. The maximum Gasteiger partial charge on any atom is 0.308 e. The highest BCUT2D eigenvalue weighted by atomic mass is 35.5. The van der Waals surface area contributed by atoms with E-state index in [1.165, 1.54) is 29.8 Å². The van der Waals surface area contributed by atoms with Gasteiger partial charge >= 0.3 is 5.97 Å². The summed E-state index contributed by atoms with van der Waals surface area (Å²) in [6.07, 6.45) is 1.49. The van der Waals surface area contributed by atoms with Crippen LogP contribution in [0.2, 0.25) is 5.02 Å². The molecule has 0 saturated heterocycles. The number of benzene rings is 1. The van der Waals surface area contributed by atoms with Crippen LogP contribution in [0.4, 0.5) is 0 Å². The Morgan fingerprint density at radius 3 is 2.35 bits per heavy atom. The van der Waals surface area contributed by atoms with Crippen molar-refractivity contribution in [3.05, 3.63) is 57.0 Å². The minimum Gasteiger partial charge on any atom is -0.425 e. The van der Waals surface area contributed by atoms with Crippen LogP contribution >= 0.6 is 11.6 Å². The summed E-state index contributed by atoms with van der Waals surface area (Å²) in [5.41, 5.74) is 2.24. The number of carbonyl (C=O) groups is 1. The zero-order valence-corrected chi connectivity index (χ0v) is 12.2. The second-order valence-corrected chi connectivity index (χ2v) is 4.94. The van der Waals surface area contributed by atoms with Crippen molar-refractivity contribution in [2.45, 2.75) is 20.8 Å². The Morgan fingerprint density at radius 1 is 1.20 bits per heavy atom. The molecule has 20 heavy (non-hydrogen) atoms. The van der Waals surface area contributed by atoms with Crippen molar-refractivity contribution in [2.24, 2.45) is 0 Å². The second kappa shape index (κ2) is 5.51. The van der Waals surface area contributed by atoms with Gasteiger partial charge in [0.2, 0.25) is 0 Å². The molecule has 1 aromatic carbocycles. The lowest BCUT2D eigenvalue weighted by Crippen LogP contribution is -2.17. The first-order chi connectivity index (χ1) is 9.38. The van der Waals surface area contributed by atoms with Crippen molar-refractivity contribution in [2.75, 3.05) is 0 Å². The number of pyridine rings is 1. The molecule has 1 heterocycles. The number of rotatable bonds is 2. The zero-order valence-electron chi connectivity index (χ0n) is 11.4. The predicted octanol–water partition coefficient (Wildman–Crippen LogP) is 3.03. The molecule has 0 saturated carbocycles. The Labute approximate surface area is 121 Å². The number of carbonyl (C=O) groups excluding carboxylic acids is 1. The van der Waals surface area contributed by atoms with Gasteiger partial charge in [0.15, 0.2) is 0 Å². The molecule has 0 amide bonds. The maximum absolute atomic E-state index is 12.0. The van der Waals surface area contributed by atoms with E-state index in [9.17, 15) is 9.59 Å². The van der Waals surface area contributed by atoms with Crippen LogP contribution in [0, 0.1) is 13.8 Å². The molecule has 0 atom stereocenters. The molecule has 0 spiro atoms. The van der Waals surface area contributed by atoms with Gasteiger partial charge in [-0.2, -0.15) is 0 Å². The van der Waals surface area contributed by atoms with Gasteiger partial charge in [-0.15, -0.1) is 0 Å². The van der Waals surface area contributed by atoms with Gasteiger partial charge < -0.3 is 4.74 Å². The summed E-state index contributed by atoms with van der Waals surface area (Å²) in [5, 5.41) is 0.679. The molecular weight excluding hydrogens is 278 g/mol. The fourth-order valence-corrected chi connectivity index (χ4v) is 2.07. The Kier molecular flexibility index (Phi) is 3.95. The summed E-state index contributed by atoms with van der Waals surface area (Å²) in [6, 6.07) is 6.45. The van der Waals surface area contributed by atoms with Crippen LogP contribution in [0.15, 0.2) is 35.3 Å². The van der Waals surface area contributed by atoms with Crippen LogP contribution < -0.4 is 10.3 Å². The third-order valence-electron chi connectivity index (χ3n) is 2.84. The largest absolute Gasteiger partial charge is 0.425 e. The van der Waals surface area contributed by atoms with E-state index in [0.29, 0.717) is 16.5 Å². The van der Waals surface area contributed by atoms with Crippen LogP contribution in [-0.4, -0.2) is 10.5 Å². The maximum atomic E-state index is 12.0. The van der Waals surface area contributed by atoms with Crippen molar-refractivity contribution >= 4 is 17.6 Å². The number of esters is 1. The fraction of sp³-hybridized carbons (Fsp3) is 0.200. The molecule has 2 aromatic rings. The van der Waals surface area contributed by atoms with Crippen LogP contribution in [0.3, 0.4) is 0 Å². The van der Waals surface area contributed by atoms with E-state index in [1.807, 2.05) is 26.0 Å². The third-order valence-corrected chi connectivity index (χ3v) is 3.44. The standard InChI is InChI=1S/C15H14ClNO3/c1-9-6-12(7-10(2)15(9)16)17-8-13(20-11(3)18)4-5-14(17)19/h4-8H,1-3H3. The lowest BCUT2D eigenvalue weighted by atomic mass is 10.1. The van der Waals surface area contributed by atoms with Gasteiger partial charge in [0.25, 0.3) is 5.56 Å². The second-order valence-electron chi connectivity index (χ2n) is 4.56. The summed E-state index contributed by atoms with van der Waals surface area (Å²) < 4.78 is 6.42. The topological polar surface area (TPSA) is 48.3 Å². The van der Waals surface area contributed by atoms with Crippen molar-refractivity contribution in [1.82, 2.24) is 4.57 Å². The Morgan fingerprint density at radius 2 is 1.80 bits per heavy atom. The van der Waals surface area contributed by atoms with E-state index in [1.54, 1.807) is 0 Å². The van der Waals surface area contributed by atoms with E-state index in [-0.39, 0.29) is 5.56 Å². The fourth-order valence-electron chi connectivity index (χ4n) is 1.96. The van der Waals surface area contributed by atoms with Crippen molar-refractivity contribution < 1.29 is 9.53 Å². The number of aromatic nitrogens is 1. The van der Waals surface area contributed by atoms with Gasteiger partial charge in [-0.05, 0) is 43.2 Å². The van der Waals surface area contributed by atoms with Gasteiger partial charge in [-0.1, -0.05) is 11.6 Å². The van der Waals surface area contributed by atoms with E-state index < -0.39 is 5.97 Å². The first-order valence-corrected chi connectivity index (χ1v) is 6.44. The number of hydrogen-bond donors (Lipinski definition) is 0. The van der Waals surface area contributed by atoms with E-state index in [2.05, 4.69) is 0 Å². The molecule has 5 heteroatoms. The van der Waals surface area contributed by atoms with Gasteiger partial charge in [0, 0.05) is 23.7 Å². The molecule has 0 bridgehead atoms. The Bertz CT molecular complexity index is 711. The SMILES string of the molecule is CC(=O)Oc1ccc(=O)n(-c2cc(C)c(Cl)c(C)c2)c1. The van der Waals surface area contributed by atoms with Crippen LogP contribution in [0.1, 0.15) is 18.1 Å². The lowest BCUT2D eigenvalue weighted by Gasteiger charge is -2.11. The normalized spacial score (nSPS) is 10.4. The smallest absolute Gasteiger partial charge is 0.308 e. The van der Waals surface area contributed by atoms with Gasteiger partial charge in [-0.3, -0.25) is 14.2 Å². The van der Waals surface area contributed by atoms with E-state index >= 15 is 0 Å². The lowest BCUT2D eigenvalue weighted by molar-refractivity contribution is -0.131. The minimum absolute atomic E-state index is 0.206. The molecule has 4 nitrogen and oxygen atoms in total. The van der Waals surface area contributed by atoms with Crippen molar-refractivity contribution in [3.8, 4) is 11.4 Å². The molecule has 104 valence electrons. The Hall–Kier alpha value is -2.07. The summed E-state index contributed by atoms with van der Waals surface area (Å²) in [5.74, 6) is -0.110. The summed E-state index contributed by atoms with van der Waals surface area (Å²) in [6.45, 7) is 5.06. The molecule has 2 rings (SSSR count). The highest BCUT2D eigenvalue weighted by Gasteiger charge is 2.07. The molecule has 0 radical (unpaired) electrons. The summed E-state index contributed by atoms with van der Waals surface area (Å²) >= 11 is 6.12. The minimum atomic E-state index is -0.432. The summed E-state index contributed by atoms with van der Waals surface area (Å²) in [7, 11) is 0.